The van der Waals surface area contributed by atoms with Crippen molar-refractivity contribution in [2.45, 2.75) is 12.3 Å². The molecule has 1 aromatic carbocycles. The van der Waals surface area contributed by atoms with Gasteiger partial charge in [0.1, 0.15) is 17.5 Å². The van der Waals surface area contributed by atoms with Crippen LogP contribution in [0.15, 0.2) is 48.9 Å². The van der Waals surface area contributed by atoms with E-state index < -0.39 is 29.8 Å². The molecule has 0 unspecified atom stereocenters. The van der Waals surface area contributed by atoms with Gasteiger partial charge in [0, 0.05) is 49.6 Å². The van der Waals surface area contributed by atoms with Gasteiger partial charge in [-0.25, -0.2) is 23.8 Å². The number of benzene rings is 1. The highest BCUT2D eigenvalue weighted by Crippen LogP contribution is 2.32. The number of carboxylic acids is 1. The van der Waals surface area contributed by atoms with Crippen molar-refractivity contribution < 1.29 is 41.7 Å². The summed E-state index contributed by atoms with van der Waals surface area (Å²) in [7, 11) is 2.87. The molecule has 11 nitrogen and oxygen atoms in total. The molecule has 0 atom stereocenters. The second-order valence-electron chi connectivity index (χ2n) is 8.36. The van der Waals surface area contributed by atoms with Crippen molar-refractivity contribution in [1.29, 1.82) is 0 Å². The van der Waals surface area contributed by atoms with E-state index in [-0.39, 0.29) is 52.6 Å². The summed E-state index contributed by atoms with van der Waals surface area (Å²) in [6, 6.07) is 5.70. The lowest BCUT2D eigenvalue weighted by molar-refractivity contribution is -0.141. The number of aromatic carboxylic acids is 1. The first-order valence-electron chi connectivity index (χ1n) is 11.6. The van der Waals surface area contributed by atoms with E-state index in [9.17, 15) is 27.5 Å². The number of methoxy groups -OCH3 is 2. The first kappa shape index (κ1) is 29.6. The van der Waals surface area contributed by atoms with Gasteiger partial charge in [0.2, 0.25) is 11.8 Å². The smallest absolute Gasteiger partial charge is 0.435 e. The third kappa shape index (κ3) is 7.06. The van der Waals surface area contributed by atoms with Crippen LogP contribution < -0.4 is 10.1 Å². The molecule has 3 aromatic heterocycles. The zero-order chi connectivity index (χ0) is 29.7. The topological polar surface area (TPSA) is 134 Å². The van der Waals surface area contributed by atoms with Crippen molar-refractivity contribution in [2.75, 3.05) is 32.8 Å². The average Bonchev–Trinajstić information content (AvgIpc) is 3.42. The van der Waals surface area contributed by atoms with Gasteiger partial charge in [-0.05, 0) is 30.3 Å². The molecule has 0 saturated carbocycles. The fourth-order valence-corrected chi connectivity index (χ4v) is 3.78. The Bertz CT molecular complexity index is 1550. The van der Waals surface area contributed by atoms with E-state index in [0.29, 0.717) is 5.69 Å². The van der Waals surface area contributed by atoms with Gasteiger partial charge in [0.25, 0.3) is 0 Å². The van der Waals surface area contributed by atoms with Crippen LogP contribution in [0.5, 0.6) is 5.88 Å². The minimum Gasteiger partial charge on any atom is -0.477 e. The maximum atomic E-state index is 13.6. The number of anilines is 2. The van der Waals surface area contributed by atoms with Crippen LogP contribution in [0, 0.1) is 5.82 Å². The number of nitrogens with zero attached hydrogens (tertiary/aromatic N) is 5. The van der Waals surface area contributed by atoms with Gasteiger partial charge in [-0.2, -0.15) is 23.3 Å². The van der Waals surface area contributed by atoms with E-state index in [2.05, 4.69) is 25.4 Å². The molecule has 216 valence electrons. The van der Waals surface area contributed by atoms with Crippen LogP contribution in [0.1, 0.15) is 16.1 Å². The molecule has 0 bridgehead atoms. The lowest BCUT2D eigenvalue weighted by Gasteiger charge is -2.18. The summed E-state index contributed by atoms with van der Waals surface area (Å²) < 4.78 is 70.1. The molecule has 0 aliphatic carbocycles. The molecule has 0 spiro atoms. The number of carbonyl (C=O) groups is 1. The predicted molar refractivity (Wildman–Crippen MR) is 137 cm³/mol. The monoisotopic (exact) mass is 596 g/mol. The fourth-order valence-electron chi connectivity index (χ4n) is 3.60. The van der Waals surface area contributed by atoms with E-state index in [4.69, 9.17) is 25.8 Å². The lowest BCUT2D eigenvalue weighted by Crippen LogP contribution is -2.28. The summed E-state index contributed by atoms with van der Waals surface area (Å²) in [5, 5.41) is 16.0. The van der Waals surface area contributed by atoms with Crippen LogP contribution in [0.4, 0.5) is 29.2 Å². The van der Waals surface area contributed by atoms with Crippen molar-refractivity contribution in [3.63, 3.8) is 0 Å². The summed E-state index contributed by atoms with van der Waals surface area (Å²) in [5.41, 5.74) is -0.997. The van der Waals surface area contributed by atoms with Crippen molar-refractivity contribution in [2.24, 2.45) is 0 Å². The highest BCUT2D eigenvalue weighted by atomic mass is 35.5. The highest BCUT2D eigenvalue weighted by Gasteiger charge is 2.34. The van der Waals surface area contributed by atoms with Crippen LogP contribution in [0.3, 0.4) is 0 Å². The Morgan fingerprint density at radius 3 is 2.46 bits per heavy atom. The van der Waals surface area contributed by atoms with Gasteiger partial charge in [0.15, 0.2) is 11.5 Å². The molecule has 16 heteroatoms. The Balaban J connectivity index is 1.79. The first-order valence-corrected chi connectivity index (χ1v) is 12.0. The molecule has 4 rings (SSSR count). The van der Waals surface area contributed by atoms with Crippen LogP contribution >= 0.6 is 11.6 Å². The number of aromatic nitrogens is 5. The Morgan fingerprint density at radius 1 is 1.12 bits per heavy atom. The third-order valence-corrected chi connectivity index (χ3v) is 5.71. The van der Waals surface area contributed by atoms with Gasteiger partial charge in [-0.15, -0.1) is 0 Å². The average molecular weight is 597 g/mol. The molecular formula is C25H21ClF4N6O5. The van der Waals surface area contributed by atoms with Crippen molar-refractivity contribution in [1.82, 2.24) is 24.7 Å². The third-order valence-electron chi connectivity index (χ3n) is 5.42. The fraction of sp³-hybridized carbons (Fsp3) is 0.240. The standard InChI is InChI=1S/C25H21ClF4N6O5/c1-39-11-15(12-40-2)41-22-16(23(37)38)7-13(9-31-22)17-10-32-24(33-14-3-4-19(27)18(26)8-14)34-21(17)36-6-5-20(35-36)25(28,29)30/h3-10,15H,11-12H2,1-2H3,(H,37,38)(H,32,33,34). The van der Waals surface area contributed by atoms with Gasteiger partial charge < -0.3 is 24.6 Å². The number of nitrogens with one attached hydrogen (secondary N) is 1. The minimum absolute atomic E-state index is 0.0862. The number of hydrogen-bond donors (Lipinski definition) is 2. The molecule has 0 aliphatic heterocycles. The molecule has 3 heterocycles. The Hall–Kier alpha value is -4.34. The quantitative estimate of drug-likeness (QED) is 0.227. The minimum atomic E-state index is -4.73. The van der Waals surface area contributed by atoms with E-state index in [1.807, 2.05) is 0 Å². The Morgan fingerprint density at radius 2 is 1.85 bits per heavy atom. The number of rotatable bonds is 11. The SMILES string of the molecule is COCC(COC)Oc1ncc(-c2cnc(Nc3ccc(F)c(Cl)c3)nc2-n2ccc(C(F)(F)F)n2)cc1C(=O)O. The number of carboxylic acid groups (broad SMARTS) is 1. The number of hydrogen-bond acceptors (Lipinski definition) is 9. The highest BCUT2D eigenvalue weighted by molar-refractivity contribution is 6.31. The zero-order valence-electron chi connectivity index (χ0n) is 21.3. The molecule has 0 amide bonds. The van der Waals surface area contributed by atoms with Crippen molar-refractivity contribution >= 4 is 29.2 Å². The number of ether oxygens (including phenoxy) is 3. The second-order valence-corrected chi connectivity index (χ2v) is 8.77. The molecule has 0 fully saturated rings. The van der Waals surface area contributed by atoms with Crippen molar-refractivity contribution in [3.05, 3.63) is 71.0 Å². The Kier molecular flexibility index (Phi) is 9.00. The molecule has 2 N–H and O–H groups in total. The summed E-state index contributed by atoms with van der Waals surface area (Å²) in [4.78, 5) is 24.7. The molecule has 41 heavy (non-hydrogen) atoms. The van der Waals surface area contributed by atoms with Gasteiger partial charge in [-0.3, -0.25) is 0 Å². The van der Waals surface area contributed by atoms with E-state index in [1.165, 1.54) is 44.8 Å². The first-order chi connectivity index (χ1) is 19.5. The molecule has 0 radical (unpaired) electrons. The van der Waals surface area contributed by atoms with Crippen molar-refractivity contribution in [3.8, 4) is 22.8 Å². The number of pyridine rings is 1. The summed E-state index contributed by atoms with van der Waals surface area (Å²) in [6.07, 6.45) is -1.87. The Labute approximate surface area is 234 Å². The molecule has 4 aromatic rings. The molecule has 0 saturated heterocycles. The van der Waals surface area contributed by atoms with E-state index in [1.54, 1.807) is 0 Å². The maximum Gasteiger partial charge on any atom is 0.435 e. The van der Waals surface area contributed by atoms with Crippen LogP contribution in [0.25, 0.3) is 16.9 Å². The normalized spacial score (nSPS) is 11.6. The second kappa shape index (κ2) is 12.4. The van der Waals surface area contributed by atoms with Gasteiger partial charge >= 0.3 is 12.1 Å². The summed E-state index contributed by atoms with van der Waals surface area (Å²) in [6.45, 7) is 0.172. The van der Waals surface area contributed by atoms with E-state index in [0.717, 1.165) is 23.0 Å². The lowest BCUT2D eigenvalue weighted by atomic mass is 10.1. The molecule has 0 aliphatic rings. The predicted octanol–water partition coefficient (Wildman–Crippen LogP) is 5.02. The maximum absolute atomic E-state index is 13.6. The van der Waals surface area contributed by atoms with Crippen LogP contribution in [0.2, 0.25) is 5.02 Å². The number of alkyl halides is 3. The van der Waals surface area contributed by atoms with Crippen LogP contribution in [-0.2, 0) is 15.7 Å². The summed E-state index contributed by atoms with van der Waals surface area (Å²) >= 11 is 5.82. The van der Waals surface area contributed by atoms with Gasteiger partial charge in [0.05, 0.1) is 18.2 Å². The number of halogens is 5. The van der Waals surface area contributed by atoms with E-state index >= 15 is 0 Å². The van der Waals surface area contributed by atoms with Gasteiger partial charge in [-0.1, -0.05) is 11.6 Å². The van der Waals surface area contributed by atoms with Crippen LogP contribution in [-0.4, -0.2) is 69.3 Å². The zero-order valence-corrected chi connectivity index (χ0v) is 22.1. The molecular weight excluding hydrogens is 576 g/mol. The largest absolute Gasteiger partial charge is 0.477 e. The summed E-state index contributed by atoms with van der Waals surface area (Å²) in [5.74, 6) is -2.50.